The molecule has 0 aliphatic carbocycles. The normalized spacial score (nSPS) is 15.3. The highest BCUT2D eigenvalue weighted by Crippen LogP contribution is 2.40. The zero-order valence-corrected chi connectivity index (χ0v) is 12.3. The topological polar surface area (TPSA) is 79.1 Å². The second-order valence-corrected chi connectivity index (χ2v) is 6.80. The molecule has 0 heterocycles. The molecule has 0 aliphatic rings. The molecule has 1 unspecified atom stereocenters. The fourth-order valence-electron chi connectivity index (χ4n) is 1.58. The first-order valence-corrected chi connectivity index (χ1v) is 8.36. The van der Waals surface area contributed by atoms with Crippen molar-refractivity contribution in [3.63, 3.8) is 0 Å². The van der Waals surface area contributed by atoms with Crippen molar-refractivity contribution >= 4 is 13.8 Å². The second-order valence-electron chi connectivity index (χ2n) is 4.90. The summed E-state index contributed by atoms with van der Waals surface area (Å²) in [6.45, 7) is 4.74. The van der Waals surface area contributed by atoms with Gasteiger partial charge in [0, 0.05) is 0 Å². The predicted octanol–water partition coefficient (Wildman–Crippen LogP) is 3.65. The van der Waals surface area contributed by atoms with Gasteiger partial charge in [0.2, 0.25) is 0 Å². The molecule has 6 heteroatoms. The van der Waals surface area contributed by atoms with Gasteiger partial charge in [0.15, 0.2) is 0 Å². The molecule has 0 bridgehead atoms. The van der Waals surface area contributed by atoms with Crippen molar-refractivity contribution < 1.29 is 19.2 Å². The molecule has 0 rings (SSSR count). The molecule has 0 saturated heterocycles. The van der Waals surface area contributed by atoms with Crippen LogP contribution < -0.4 is 0 Å². The van der Waals surface area contributed by atoms with Crippen LogP contribution in [0.2, 0.25) is 0 Å². The van der Waals surface area contributed by atoms with Gasteiger partial charge in [-0.1, -0.05) is 46.0 Å². The molecule has 0 saturated carbocycles. The molecule has 0 aromatic carbocycles. The van der Waals surface area contributed by atoms with Crippen molar-refractivity contribution in [3.8, 4) is 0 Å². The summed E-state index contributed by atoms with van der Waals surface area (Å²) in [6.07, 6.45) is 7.43. The van der Waals surface area contributed by atoms with Gasteiger partial charge in [-0.2, -0.15) is 0 Å². The van der Waals surface area contributed by atoms with Crippen molar-refractivity contribution in [2.75, 3.05) is 12.8 Å². The monoisotopic (exact) mass is 279 g/mol. The lowest BCUT2D eigenvalue weighted by Crippen LogP contribution is -1.98. The van der Waals surface area contributed by atoms with Crippen LogP contribution in [0.1, 0.15) is 52.4 Å². The van der Waals surface area contributed by atoms with Gasteiger partial charge in [0.05, 0.1) is 19.0 Å². The Morgan fingerprint density at radius 3 is 2.44 bits per heavy atom. The molecule has 0 aromatic rings. The summed E-state index contributed by atoms with van der Waals surface area (Å²) in [4.78, 5) is 9.28. The molecule has 108 valence electrons. The lowest BCUT2D eigenvalue weighted by molar-refractivity contribution is 0.255. The minimum atomic E-state index is -3.59. The Hall–Kier alpha value is -0.380. The Balaban J connectivity index is 3.37. The Morgan fingerprint density at radius 1 is 1.22 bits per heavy atom. The first-order chi connectivity index (χ1) is 8.48. The van der Waals surface area contributed by atoms with E-state index in [2.05, 4.69) is 19.0 Å². The van der Waals surface area contributed by atoms with Crippen molar-refractivity contribution in [1.82, 2.24) is 0 Å². The number of rotatable bonds is 11. The number of unbranched alkanes of at least 4 members (excludes halogenated alkanes) is 4. The Bertz CT molecular complexity index is 269. The molecule has 18 heavy (non-hydrogen) atoms. The van der Waals surface area contributed by atoms with E-state index in [0.29, 0.717) is 0 Å². The van der Waals surface area contributed by atoms with Gasteiger partial charge < -0.3 is 14.6 Å². The average Bonchev–Trinajstić information content (AvgIpc) is 2.29. The molecule has 2 N–H and O–H groups in total. The smallest absolute Gasteiger partial charge is 0.333 e. The third-order valence-corrected chi connectivity index (χ3v) is 3.82. The largest absolute Gasteiger partial charge is 0.411 e. The van der Waals surface area contributed by atoms with E-state index in [1.165, 1.54) is 19.3 Å². The zero-order chi connectivity index (χ0) is 13.9. The molecular weight excluding hydrogens is 253 g/mol. The van der Waals surface area contributed by atoms with E-state index in [0.717, 1.165) is 31.4 Å². The van der Waals surface area contributed by atoms with Crippen LogP contribution in [0.5, 0.6) is 0 Å². The summed E-state index contributed by atoms with van der Waals surface area (Å²) in [5.41, 5.74) is 0. The molecule has 0 aliphatic heterocycles. The van der Waals surface area contributed by atoms with Crippen LogP contribution >= 0.6 is 7.60 Å². The Labute approximate surface area is 110 Å². The van der Waals surface area contributed by atoms with Crippen molar-refractivity contribution in [2.24, 2.45) is 11.1 Å². The summed E-state index contributed by atoms with van der Waals surface area (Å²) in [7, 11) is -3.59. The van der Waals surface area contributed by atoms with E-state index in [1.807, 2.05) is 0 Å². The molecule has 0 fully saturated rings. The van der Waals surface area contributed by atoms with Crippen LogP contribution in [0.3, 0.4) is 0 Å². The fraction of sp³-hybridized carbons (Fsp3) is 0.917. The molecule has 0 radical (unpaired) electrons. The summed E-state index contributed by atoms with van der Waals surface area (Å²) < 4.78 is 16.2. The fourth-order valence-corrected chi connectivity index (χ4v) is 2.38. The summed E-state index contributed by atoms with van der Waals surface area (Å²) in [6, 6.07) is 0. The van der Waals surface area contributed by atoms with Gasteiger partial charge in [-0.15, -0.1) is 5.16 Å². The van der Waals surface area contributed by atoms with Crippen LogP contribution in [0.4, 0.5) is 0 Å². The molecule has 0 spiro atoms. The van der Waals surface area contributed by atoms with Gasteiger partial charge in [-0.3, -0.25) is 4.57 Å². The van der Waals surface area contributed by atoms with Crippen LogP contribution in [0.15, 0.2) is 5.16 Å². The number of hydrogen-bond donors (Lipinski definition) is 2. The minimum absolute atomic E-state index is 0.238. The van der Waals surface area contributed by atoms with Crippen LogP contribution in [0, 0.1) is 5.92 Å². The highest BCUT2D eigenvalue weighted by molar-refractivity contribution is 7.53. The molecule has 0 amide bonds. The highest BCUT2D eigenvalue weighted by Gasteiger charge is 2.16. The molecule has 0 aromatic heterocycles. The van der Waals surface area contributed by atoms with E-state index in [-0.39, 0.29) is 12.8 Å². The van der Waals surface area contributed by atoms with Gasteiger partial charge >= 0.3 is 7.60 Å². The lowest BCUT2D eigenvalue weighted by Gasteiger charge is -2.09. The summed E-state index contributed by atoms with van der Waals surface area (Å²) in [5.74, 6) is 0.766. The SMILES string of the molecule is CC(C)CCCCCCCOP(=O)(O)CC=NO. The average molecular weight is 279 g/mol. The van der Waals surface area contributed by atoms with E-state index in [4.69, 9.17) is 9.73 Å². The first-order valence-electron chi connectivity index (χ1n) is 6.60. The zero-order valence-electron chi connectivity index (χ0n) is 11.4. The maximum atomic E-state index is 11.3. The van der Waals surface area contributed by atoms with Gasteiger partial charge in [-0.25, -0.2) is 0 Å². The lowest BCUT2D eigenvalue weighted by atomic mass is 10.0. The molecule has 1 atom stereocenters. The van der Waals surface area contributed by atoms with Crippen molar-refractivity contribution in [2.45, 2.75) is 52.4 Å². The van der Waals surface area contributed by atoms with Gasteiger partial charge in [0.1, 0.15) is 0 Å². The Morgan fingerprint density at radius 2 is 1.83 bits per heavy atom. The van der Waals surface area contributed by atoms with Crippen molar-refractivity contribution in [3.05, 3.63) is 0 Å². The van der Waals surface area contributed by atoms with E-state index in [1.54, 1.807) is 0 Å². The number of oxime groups is 1. The quantitative estimate of drug-likeness (QED) is 0.199. The predicted molar refractivity (Wildman–Crippen MR) is 73.5 cm³/mol. The van der Waals surface area contributed by atoms with Crippen LogP contribution in [0.25, 0.3) is 0 Å². The van der Waals surface area contributed by atoms with Gasteiger partial charge in [0.25, 0.3) is 0 Å². The second kappa shape index (κ2) is 10.5. The third kappa shape index (κ3) is 12.1. The van der Waals surface area contributed by atoms with Crippen molar-refractivity contribution in [1.29, 1.82) is 0 Å². The number of nitrogens with zero attached hydrogens (tertiary/aromatic N) is 1. The van der Waals surface area contributed by atoms with E-state index < -0.39 is 7.60 Å². The maximum Gasteiger partial charge on any atom is 0.333 e. The highest BCUT2D eigenvalue weighted by atomic mass is 31.2. The summed E-state index contributed by atoms with van der Waals surface area (Å²) in [5, 5.41) is 10.8. The van der Waals surface area contributed by atoms with Gasteiger partial charge in [-0.05, 0) is 12.3 Å². The summed E-state index contributed by atoms with van der Waals surface area (Å²) >= 11 is 0. The maximum absolute atomic E-state index is 11.3. The van der Waals surface area contributed by atoms with E-state index in [9.17, 15) is 9.46 Å². The van der Waals surface area contributed by atoms with E-state index >= 15 is 0 Å². The Kier molecular flexibility index (Phi) is 10.3. The van der Waals surface area contributed by atoms with Crippen LogP contribution in [-0.4, -0.2) is 29.1 Å². The first kappa shape index (κ1) is 17.6. The third-order valence-electron chi connectivity index (χ3n) is 2.61. The molecular formula is C12H26NO4P. The number of hydrogen-bond acceptors (Lipinski definition) is 4. The standard InChI is InChI=1S/C12H26NO4P/c1-12(2)8-6-4-3-5-7-10-17-18(15,16)11-9-13-14/h9,12,14H,3-8,10-11H2,1-2H3,(H,15,16). The van der Waals surface area contributed by atoms with Crippen LogP contribution in [-0.2, 0) is 9.09 Å². The molecule has 5 nitrogen and oxygen atoms in total. The minimum Gasteiger partial charge on any atom is -0.411 e.